The van der Waals surface area contributed by atoms with Crippen molar-refractivity contribution in [2.24, 2.45) is 5.92 Å². The van der Waals surface area contributed by atoms with Crippen molar-refractivity contribution in [3.63, 3.8) is 0 Å². The zero-order valence-corrected chi connectivity index (χ0v) is 14.4. The molecule has 0 radical (unpaired) electrons. The van der Waals surface area contributed by atoms with Crippen molar-refractivity contribution in [1.29, 1.82) is 0 Å². The molecule has 0 spiro atoms. The third kappa shape index (κ3) is 4.31. The van der Waals surface area contributed by atoms with Gasteiger partial charge in [-0.2, -0.15) is 0 Å². The van der Waals surface area contributed by atoms with Crippen LogP contribution in [0, 0.1) is 5.92 Å². The fourth-order valence-corrected chi connectivity index (χ4v) is 3.51. The lowest BCUT2D eigenvalue weighted by molar-refractivity contribution is -0.132. The van der Waals surface area contributed by atoms with Gasteiger partial charge in [0.25, 0.3) is 0 Å². The van der Waals surface area contributed by atoms with Gasteiger partial charge >= 0.3 is 0 Å². The van der Waals surface area contributed by atoms with E-state index in [1.807, 2.05) is 7.05 Å². The van der Waals surface area contributed by atoms with E-state index in [4.69, 9.17) is 0 Å². The van der Waals surface area contributed by atoms with Crippen LogP contribution in [0.3, 0.4) is 0 Å². The molecule has 0 bridgehead atoms. The number of likely N-dealkylation sites (N-methyl/N-ethyl adjacent to an activating group) is 1. The Hall–Kier alpha value is -0.910. The topological polar surface area (TPSA) is 58.1 Å². The summed E-state index contributed by atoms with van der Waals surface area (Å²) in [5.41, 5.74) is 0.832. The van der Waals surface area contributed by atoms with Crippen LogP contribution in [-0.2, 0) is 11.3 Å². The molecule has 2 heterocycles. The first kappa shape index (κ1) is 19.1. The SMILES string of the molecule is CN(Cc1cnccn1)C(=O)C1CC2CCCCC2N1.Cl.Cl. The average molecular weight is 347 g/mol. The highest BCUT2D eigenvalue weighted by atomic mass is 35.5. The lowest BCUT2D eigenvalue weighted by Gasteiger charge is -2.24. The van der Waals surface area contributed by atoms with Crippen LogP contribution < -0.4 is 5.32 Å². The summed E-state index contributed by atoms with van der Waals surface area (Å²) in [6.07, 6.45) is 11.1. The highest BCUT2D eigenvalue weighted by Crippen LogP contribution is 2.33. The fourth-order valence-electron chi connectivity index (χ4n) is 3.51. The molecule has 5 nitrogen and oxygen atoms in total. The molecule has 1 amide bonds. The number of hydrogen-bond acceptors (Lipinski definition) is 4. The Morgan fingerprint density at radius 3 is 2.77 bits per heavy atom. The first-order chi connectivity index (χ1) is 9.74. The van der Waals surface area contributed by atoms with Crippen molar-refractivity contribution >= 4 is 30.7 Å². The molecular weight excluding hydrogens is 323 g/mol. The first-order valence-corrected chi connectivity index (χ1v) is 7.50. The molecule has 1 N–H and O–H groups in total. The molecule has 7 heteroatoms. The largest absolute Gasteiger partial charge is 0.338 e. The number of rotatable bonds is 3. The summed E-state index contributed by atoms with van der Waals surface area (Å²) in [7, 11) is 1.85. The average Bonchev–Trinajstić information content (AvgIpc) is 2.91. The van der Waals surface area contributed by atoms with E-state index in [9.17, 15) is 4.79 Å². The smallest absolute Gasteiger partial charge is 0.239 e. The van der Waals surface area contributed by atoms with Gasteiger partial charge in [0.1, 0.15) is 0 Å². The normalized spacial score (nSPS) is 26.3. The van der Waals surface area contributed by atoms with E-state index in [1.165, 1.54) is 25.7 Å². The van der Waals surface area contributed by atoms with Crippen molar-refractivity contribution in [1.82, 2.24) is 20.2 Å². The van der Waals surface area contributed by atoms with Gasteiger partial charge in [-0.1, -0.05) is 12.8 Å². The summed E-state index contributed by atoms with van der Waals surface area (Å²) in [6.45, 7) is 0.528. The Kier molecular flexibility index (Phi) is 7.53. The first-order valence-electron chi connectivity index (χ1n) is 7.50. The number of carbonyl (C=O) groups is 1. The second-order valence-corrected chi connectivity index (χ2v) is 6.00. The standard InChI is InChI=1S/C15H22N4O.2ClH/c1-19(10-12-9-16-6-7-17-12)15(20)14-8-11-4-2-3-5-13(11)18-14;;/h6-7,9,11,13-14,18H,2-5,8,10H2,1H3;2*1H. The predicted molar refractivity (Wildman–Crippen MR) is 90.3 cm³/mol. The number of nitrogens with zero attached hydrogens (tertiary/aromatic N) is 3. The Morgan fingerprint density at radius 2 is 2.09 bits per heavy atom. The molecule has 1 aromatic rings. The second-order valence-electron chi connectivity index (χ2n) is 6.00. The summed E-state index contributed by atoms with van der Waals surface area (Å²) in [5, 5.41) is 3.53. The van der Waals surface area contributed by atoms with Crippen LogP contribution in [0.4, 0.5) is 0 Å². The quantitative estimate of drug-likeness (QED) is 0.911. The van der Waals surface area contributed by atoms with Crippen LogP contribution in [0.1, 0.15) is 37.8 Å². The van der Waals surface area contributed by atoms with Gasteiger partial charge in [-0.25, -0.2) is 0 Å². The van der Waals surface area contributed by atoms with Crippen molar-refractivity contribution in [2.75, 3.05) is 7.05 Å². The van der Waals surface area contributed by atoms with E-state index in [0.717, 1.165) is 12.1 Å². The van der Waals surface area contributed by atoms with Crippen molar-refractivity contribution < 1.29 is 4.79 Å². The monoisotopic (exact) mass is 346 g/mol. The van der Waals surface area contributed by atoms with Crippen molar-refractivity contribution in [3.05, 3.63) is 24.3 Å². The molecule has 2 aliphatic rings. The molecule has 1 saturated heterocycles. The van der Waals surface area contributed by atoms with Gasteiger partial charge in [-0.3, -0.25) is 14.8 Å². The van der Waals surface area contributed by atoms with E-state index in [-0.39, 0.29) is 36.8 Å². The third-order valence-corrected chi connectivity index (χ3v) is 4.55. The summed E-state index contributed by atoms with van der Waals surface area (Å²) >= 11 is 0. The van der Waals surface area contributed by atoms with E-state index in [2.05, 4.69) is 15.3 Å². The van der Waals surface area contributed by atoms with Gasteiger partial charge in [0.2, 0.25) is 5.91 Å². The minimum Gasteiger partial charge on any atom is -0.338 e. The van der Waals surface area contributed by atoms with Gasteiger partial charge in [-0.05, 0) is 25.2 Å². The minimum absolute atomic E-state index is 0. The Morgan fingerprint density at radius 1 is 1.32 bits per heavy atom. The second kappa shape index (κ2) is 8.65. The molecule has 1 saturated carbocycles. The maximum absolute atomic E-state index is 12.5. The molecule has 3 rings (SSSR count). The van der Waals surface area contributed by atoms with Gasteiger partial charge < -0.3 is 10.2 Å². The molecule has 3 unspecified atom stereocenters. The number of carbonyl (C=O) groups excluding carboxylic acids is 1. The Bertz CT molecular complexity index is 460. The van der Waals surface area contributed by atoms with Gasteiger partial charge in [-0.15, -0.1) is 24.8 Å². The zero-order valence-electron chi connectivity index (χ0n) is 12.8. The van der Waals surface area contributed by atoms with Crippen LogP contribution in [0.25, 0.3) is 0 Å². The van der Waals surface area contributed by atoms with Crippen LogP contribution in [0.2, 0.25) is 0 Å². The molecule has 124 valence electrons. The zero-order chi connectivity index (χ0) is 13.9. The van der Waals surface area contributed by atoms with Gasteiger partial charge in [0, 0.05) is 25.5 Å². The van der Waals surface area contributed by atoms with Gasteiger partial charge in [0.15, 0.2) is 0 Å². The number of nitrogens with one attached hydrogen (secondary N) is 1. The van der Waals surface area contributed by atoms with E-state index in [1.54, 1.807) is 23.5 Å². The third-order valence-electron chi connectivity index (χ3n) is 4.55. The van der Waals surface area contributed by atoms with E-state index >= 15 is 0 Å². The summed E-state index contributed by atoms with van der Waals surface area (Å²) in [5.74, 6) is 0.882. The number of fused-ring (bicyclic) bond motifs is 1. The maximum Gasteiger partial charge on any atom is 0.239 e. The molecule has 0 aromatic carbocycles. The van der Waals surface area contributed by atoms with E-state index in [0.29, 0.717) is 18.5 Å². The molecule has 1 aliphatic heterocycles. The van der Waals surface area contributed by atoms with E-state index < -0.39 is 0 Å². The molecule has 22 heavy (non-hydrogen) atoms. The number of aromatic nitrogens is 2. The van der Waals surface area contributed by atoms with Crippen molar-refractivity contribution in [3.8, 4) is 0 Å². The Balaban J connectivity index is 0.00000121. The van der Waals surface area contributed by atoms with Crippen LogP contribution >= 0.6 is 24.8 Å². The van der Waals surface area contributed by atoms with Crippen molar-refractivity contribution in [2.45, 2.75) is 50.7 Å². The number of hydrogen-bond donors (Lipinski definition) is 1. The molecule has 1 aromatic heterocycles. The summed E-state index contributed by atoms with van der Waals surface area (Å²) < 4.78 is 0. The molecular formula is C15H24Cl2N4O. The number of halogens is 2. The predicted octanol–water partition coefficient (Wildman–Crippen LogP) is 2.20. The summed E-state index contributed by atoms with van der Waals surface area (Å²) in [4.78, 5) is 22.5. The molecule has 1 aliphatic carbocycles. The lowest BCUT2D eigenvalue weighted by Crippen LogP contribution is -2.43. The highest BCUT2D eigenvalue weighted by Gasteiger charge is 2.39. The van der Waals surface area contributed by atoms with Gasteiger partial charge in [0.05, 0.1) is 24.5 Å². The Labute approximate surface area is 144 Å². The molecule has 2 fully saturated rings. The van der Waals surface area contributed by atoms with Crippen LogP contribution in [0.5, 0.6) is 0 Å². The highest BCUT2D eigenvalue weighted by molar-refractivity contribution is 5.85. The summed E-state index contributed by atoms with van der Waals surface area (Å²) in [6, 6.07) is 0.549. The minimum atomic E-state index is -0.00947. The lowest BCUT2D eigenvalue weighted by atomic mass is 9.85. The number of amides is 1. The fraction of sp³-hybridized carbons (Fsp3) is 0.667. The maximum atomic E-state index is 12.5. The van der Waals surface area contributed by atoms with Crippen LogP contribution in [0.15, 0.2) is 18.6 Å². The molecule has 3 atom stereocenters. The van der Waals surface area contributed by atoms with Crippen LogP contribution in [-0.4, -0.2) is 39.9 Å².